The van der Waals surface area contributed by atoms with Crippen LogP contribution in [-0.2, 0) is 0 Å². The summed E-state index contributed by atoms with van der Waals surface area (Å²) in [4.78, 5) is 4.28. The molecule has 88 valence electrons. The summed E-state index contributed by atoms with van der Waals surface area (Å²) in [6, 6.07) is 4.26. The summed E-state index contributed by atoms with van der Waals surface area (Å²) in [6.45, 7) is 4.65. The SMILES string of the molecule is CC1CC(C)CC(Nc2ncccc2Cl)C1. The van der Waals surface area contributed by atoms with Crippen LogP contribution in [0.3, 0.4) is 0 Å². The topological polar surface area (TPSA) is 24.9 Å². The van der Waals surface area contributed by atoms with Gasteiger partial charge in [0.2, 0.25) is 0 Å². The Labute approximate surface area is 102 Å². The molecule has 2 nitrogen and oxygen atoms in total. The minimum absolute atomic E-state index is 0.520. The van der Waals surface area contributed by atoms with E-state index in [1.165, 1.54) is 19.3 Å². The molecule has 0 aromatic carbocycles. The molecule has 1 fully saturated rings. The van der Waals surface area contributed by atoms with Crippen molar-refractivity contribution in [3.8, 4) is 0 Å². The summed E-state index contributed by atoms with van der Waals surface area (Å²) in [5.74, 6) is 2.42. The van der Waals surface area contributed by atoms with Crippen LogP contribution in [0.4, 0.5) is 5.82 Å². The molecular formula is C13H19ClN2. The molecule has 1 aliphatic carbocycles. The Morgan fingerprint density at radius 3 is 2.56 bits per heavy atom. The highest BCUT2D eigenvalue weighted by atomic mass is 35.5. The van der Waals surface area contributed by atoms with Crippen molar-refractivity contribution in [2.75, 3.05) is 5.32 Å². The van der Waals surface area contributed by atoms with Gasteiger partial charge in [0.1, 0.15) is 5.82 Å². The number of pyridine rings is 1. The first-order valence-electron chi connectivity index (χ1n) is 6.02. The van der Waals surface area contributed by atoms with E-state index in [1.54, 1.807) is 6.20 Å². The van der Waals surface area contributed by atoms with Crippen molar-refractivity contribution in [1.29, 1.82) is 0 Å². The van der Waals surface area contributed by atoms with Crippen molar-refractivity contribution in [3.63, 3.8) is 0 Å². The largest absolute Gasteiger partial charge is 0.366 e. The second-order valence-corrected chi connectivity index (χ2v) is 5.50. The second kappa shape index (κ2) is 5.05. The molecule has 1 aliphatic rings. The summed E-state index contributed by atoms with van der Waals surface area (Å²) in [6.07, 6.45) is 5.56. The zero-order chi connectivity index (χ0) is 11.5. The Hall–Kier alpha value is -0.760. The van der Waals surface area contributed by atoms with E-state index in [2.05, 4.69) is 24.1 Å². The maximum atomic E-state index is 6.09. The number of nitrogens with one attached hydrogen (secondary N) is 1. The van der Waals surface area contributed by atoms with E-state index in [9.17, 15) is 0 Å². The fourth-order valence-corrected chi connectivity index (χ4v) is 2.93. The van der Waals surface area contributed by atoms with Gasteiger partial charge in [0, 0.05) is 12.2 Å². The van der Waals surface area contributed by atoms with Crippen LogP contribution in [0, 0.1) is 11.8 Å². The number of hydrogen-bond acceptors (Lipinski definition) is 2. The standard InChI is InChI=1S/C13H19ClN2/c1-9-6-10(2)8-11(7-9)16-13-12(14)4-3-5-15-13/h3-5,9-11H,6-8H2,1-2H3,(H,15,16). The molecule has 1 heterocycles. The second-order valence-electron chi connectivity index (χ2n) is 5.09. The lowest BCUT2D eigenvalue weighted by Crippen LogP contribution is -2.30. The van der Waals surface area contributed by atoms with E-state index in [-0.39, 0.29) is 0 Å². The van der Waals surface area contributed by atoms with Crippen LogP contribution < -0.4 is 5.32 Å². The Kier molecular flexibility index (Phi) is 3.70. The van der Waals surface area contributed by atoms with Gasteiger partial charge in [-0.1, -0.05) is 25.4 Å². The number of rotatable bonds is 2. The van der Waals surface area contributed by atoms with Crippen molar-refractivity contribution in [2.24, 2.45) is 11.8 Å². The molecule has 0 bridgehead atoms. The smallest absolute Gasteiger partial charge is 0.144 e. The van der Waals surface area contributed by atoms with Crippen LogP contribution in [0.2, 0.25) is 5.02 Å². The molecule has 2 rings (SSSR count). The van der Waals surface area contributed by atoms with Gasteiger partial charge >= 0.3 is 0 Å². The third-order valence-corrected chi connectivity index (χ3v) is 3.58. The molecule has 0 amide bonds. The van der Waals surface area contributed by atoms with Gasteiger partial charge in [0.25, 0.3) is 0 Å². The van der Waals surface area contributed by atoms with Gasteiger partial charge in [-0.2, -0.15) is 0 Å². The lowest BCUT2D eigenvalue weighted by atomic mass is 9.80. The monoisotopic (exact) mass is 238 g/mol. The van der Waals surface area contributed by atoms with Crippen LogP contribution in [0.15, 0.2) is 18.3 Å². The lowest BCUT2D eigenvalue weighted by molar-refractivity contribution is 0.280. The molecule has 2 unspecified atom stereocenters. The van der Waals surface area contributed by atoms with E-state index in [4.69, 9.17) is 11.6 Å². The highest BCUT2D eigenvalue weighted by Crippen LogP contribution is 2.31. The normalized spacial score (nSPS) is 30.1. The summed E-state index contributed by atoms with van der Waals surface area (Å²) >= 11 is 6.09. The maximum absolute atomic E-state index is 6.09. The van der Waals surface area contributed by atoms with Crippen LogP contribution in [0.25, 0.3) is 0 Å². The van der Waals surface area contributed by atoms with Crippen molar-refractivity contribution in [1.82, 2.24) is 4.98 Å². The fraction of sp³-hybridized carbons (Fsp3) is 0.615. The van der Waals surface area contributed by atoms with Crippen molar-refractivity contribution >= 4 is 17.4 Å². The molecule has 1 aromatic rings. The van der Waals surface area contributed by atoms with Gasteiger partial charge < -0.3 is 5.32 Å². The van der Waals surface area contributed by atoms with Crippen molar-refractivity contribution in [2.45, 2.75) is 39.2 Å². The molecule has 1 N–H and O–H groups in total. The first-order chi connectivity index (χ1) is 7.65. The summed E-state index contributed by atoms with van der Waals surface area (Å²) in [7, 11) is 0. The lowest BCUT2D eigenvalue weighted by Gasteiger charge is -2.32. The van der Waals surface area contributed by atoms with Crippen LogP contribution in [0.5, 0.6) is 0 Å². The van der Waals surface area contributed by atoms with Gasteiger partial charge in [-0.3, -0.25) is 0 Å². The highest BCUT2D eigenvalue weighted by molar-refractivity contribution is 6.32. The Bertz CT molecular complexity index is 344. The number of hydrogen-bond donors (Lipinski definition) is 1. The van der Waals surface area contributed by atoms with E-state index in [0.29, 0.717) is 11.1 Å². The van der Waals surface area contributed by atoms with Gasteiger partial charge in [0.05, 0.1) is 5.02 Å². The summed E-state index contributed by atoms with van der Waals surface area (Å²) < 4.78 is 0. The summed E-state index contributed by atoms with van der Waals surface area (Å²) in [5.41, 5.74) is 0. The molecule has 0 saturated heterocycles. The predicted molar refractivity (Wildman–Crippen MR) is 68.8 cm³/mol. The average molecular weight is 239 g/mol. The molecule has 0 aliphatic heterocycles. The predicted octanol–water partition coefficient (Wildman–Crippen LogP) is 3.97. The quantitative estimate of drug-likeness (QED) is 0.843. The Morgan fingerprint density at radius 1 is 1.25 bits per heavy atom. The molecule has 3 heteroatoms. The molecule has 0 radical (unpaired) electrons. The number of halogens is 1. The molecule has 2 atom stereocenters. The van der Waals surface area contributed by atoms with Crippen LogP contribution in [0.1, 0.15) is 33.1 Å². The first-order valence-corrected chi connectivity index (χ1v) is 6.40. The highest BCUT2D eigenvalue weighted by Gasteiger charge is 2.24. The van der Waals surface area contributed by atoms with Crippen LogP contribution in [-0.4, -0.2) is 11.0 Å². The minimum Gasteiger partial charge on any atom is -0.366 e. The zero-order valence-corrected chi connectivity index (χ0v) is 10.7. The average Bonchev–Trinajstić information content (AvgIpc) is 2.20. The minimum atomic E-state index is 0.520. The van der Waals surface area contributed by atoms with Gasteiger partial charge in [0.15, 0.2) is 0 Å². The Morgan fingerprint density at radius 2 is 1.94 bits per heavy atom. The third-order valence-electron chi connectivity index (χ3n) is 3.28. The molecular weight excluding hydrogens is 220 g/mol. The van der Waals surface area contributed by atoms with E-state index >= 15 is 0 Å². The number of nitrogens with zero attached hydrogens (tertiary/aromatic N) is 1. The van der Waals surface area contributed by atoms with Gasteiger partial charge in [-0.25, -0.2) is 4.98 Å². The van der Waals surface area contributed by atoms with E-state index in [0.717, 1.165) is 17.7 Å². The number of anilines is 1. The first kappa shape index (κ1) is 11.7. The third kappa shape index (κ3) is 2.88. The van der Waals surface area contributed by atoms with Crippen LogP contribution >= 0.6 is 11.6 Å². The zero-order valence-electron chi connectivity index (χ0n) is 9.91. The van der Waals surface area contributed by atoms with E-state index < -0.39 is 0 Å². The molecule has 1 saturated carbocycles. The molecule has 0 spiro atoms. The van der Waals surface area contributed by atoms with Gasteiger partial charge in [-0.15, -0.1) is 0 Å². The summed E-state index contributed by atoms with van der Waals surface area (Å²) in [5, 5.41) is 4.18. The van der Waals surface area contributed by atoms with E-state index in [1.807, 2.05) is 12.1 Å². The molecule has 16 heavy (non-hydrogen) atoms. The van der Waals surface area contributed by atoms with Gasteiger partial charge in [-0.05, 0) is 43.2 Å². The Balaban J connectivity index is 2.02. The van der Waals surface area contributed by atoms with Crippen molar-refractivity contribution in [3.05, 3.63) is 23.4 Å². The molecule has 1 aromatic heterocycles. The maximum Gasteiger partial charge on any atom is 0.144 e. The fourth-order valence-electron chi connectivity index (χ4n) is 2.75. The van der Waals surface area contributed by atoms with Crippen molar-refractivity contribution < 1.29 is 0 Å². The number of aromatic nitrogens is 1.